The quantitative estimate of drug-likeness (QED) is 0.531. The minimum absolute atomic E-state index is 0.330. The molecule has 0 bridgehead atoms. The number of hydrogen-bond donors (Lipinski definition) is 1. The van der Waals surface area contributed by atoms with Crippen LogP contribution >= 0.6 is 11.6 Å². The third-order valence-corrected chi connectivity index (χ3v) is 5.92. The lowest BCUT2D eigenvalue weighted by atomic mass is 10.1. The number of nitrogens with zero attached hydrogens (tertiary/aromatic N) is 2. The van der Waals surface area contributed by atoms with Crippen LogP contribution in [0, 0.1) is 0 Å². The Kier molecular flexibility index (Phi) is 5.68. The predicted molar refractivity (Wildman–Crippen MR) is 125 cm³/mol. The van der Waals surface area contributed by atoms with Crippen LogP contribution in [0.15, 0.2) is 66.7 Å². The van der Waals surface area contributed by atoms with Crippen molar-refractivity contribution >= 4 is 28.7 Å². The first-order valence-corrected chi connectivity index (χ1v) is 10.5. The molecule has 0 saturated carbocycles. The smallest absolute Gasteiger partial charge is 0.0520 e. The van der Waals surface area contributed by atoms with E-state index in [1.54, 1.807) is 0 Å². The van der Waals surface area contributed by atoms with E-state index in [-0.39, 0.29) is 0 Å². The molecule has 0 aromatic heterocycles. The fraction of sp³-hybridized carbons (Fsp3) is 0.280. The van der Waals surface area contributed by atoms with E-state index >= 15 is 0 Å². The maximum absolute atomic E-state index is 6.15. The van der Waals surface area contributed by atoms with Gasteiger partial charge in [-0.15, -0.1) is 0 Å². The molecule has 4 rings (SSSR count). The molecule has 0 aliphatic heterocycles. The van der Waals surface area contributed by atoms with Crippen LogP contribution in [0.1, 0.15) is 29.2 Å². The summed E-state index contributed by atoms with van der Waals surface area (Å²) in [6, 6.07) is 24.0. The van der Waals surface area contributed by atoms with Crippen molar-refractivity contribution in [1.82, 2.24) is 0 Å². The summed E-state index contributed by atoms with van der Waals surface area (Å²) in [6.07, 6.45) is 2.23. The highest BCUT2D eigenvalue weighted by atomic mass is 35.5. The van der Waals surface area contributed by atoms with Gasteiger partial charge in [-0.05, 0) is 72.0 Å². The summed E-state index contributed by atoms with van der Waals surface area (Å²) in [7, 11) is 6.30. The van der Waals surface area contributed by atoms with Crippen LogP contribution in [0.5, 0.6) is 0 Å². The van der Waals surface area contributed by atoms with Crippen molar-refractivity contribution in [1.29, 1.82) is 0 Å². The van der Waals surface area contributed by atoms with Gasteiger partial charge in [-0.1, -0.05) is 35.9 Å². The topological polar surface area (TPSA) is 18.5 Å². The van der Waals surface area contributed by atoms with Crippen molar-refractivity contribution in [3.8, 4) is 0 Å². The van der Waals surface area contributed by atoms with Gasteiger partial charge in [0.1, 0.15) is 0 Å². The second-order valence-corrected chi connectivity index (χ2v) is 8.48. The molecule has 1 aliphatic carbocycles. The summed E-state index contributed by atoms with van der Waals surface area (Å²) in [5.74, 6) is 0. The molecule has 0 radical (unpaired) electrons. The number of hydrogen-bond acceptors (Lipinski definition) is 3. The van der Waals surface area contributed by atoms with Crippen LogP contribution in [0.25, 0.3) is 0 Å². The molecule has 0 amide bonds. The molecule has 3 aromatic carbocycles. The second kappa shape index (κ2) is 8.38. The minimum atomic E-state index is 0.330. The highest BCUT2D eigenvalue weighted by Gasteiger charge is 2.23. The van der Waals surface area contributed by atoms with Crippen LogP contribution < -0.4 is 15.1 Å². The minimum Gasteiger partial charge on any atom is -0.378 e. The lowest BCUT2D eigenvalue weighted by molar-refractivity contribution is 0.761. The Labute approximate surface area is 178 Å². The molecule has 1 unspecified atom stereocenters. The van der Waals surface area contributed by atoms with E-state index in [0.717, 1.165) is 30.1 Å². The summed E-state index contributed by atoms with van der Waals surface area (Å²) in [6.45, 7) is 0.888. The molecular weight excluding hydrogens is 378 g/mol. The molecule has 0 saturated heterocycles. The lowest BCUT2D eigenvalue weighted by Crippen LogP contribution is -2.17. The average molecular weight is 406 g/mol. The normalized spacial score (nSPS) is 15.1. The van der Waals surface area contributed by atoms with Gasteiger partial charge < -0.3 is 15.1 Å². The van der Waals surface area contributed by atoms with Gasteiger partial charge in [0.15, 0.2) is 0 Å². The largest absolute Gasteiger partial charge is 0.378 e. The van der Waals surface area contributed by atoms with Crippen LogP contribution in [0.4, 0.5) is 17.1 Å². The Morgan fingerprint density at radius 1 is 0.931 bits per heavy atom. The summed E-state index contributed by atoms with van der Waals surface area (Å²) < 4.78 is 0. The van der Waals surface area contributed by atoms with E-state index in [2.05, 4.69) is 84.8 Å². The van der Waals surface area contributed by atoms with E-state index in [0.29, 0.717) is 6.04 Å². The van der Waals surface area contributed by atoms with Gasteiger partial charge in [-0.2, -0.15) is 0 Å². The Hall–Kier alpha value is -2.65. The predicted octanol–water partition coefficient (Wildman–Crippen LogP) is 6.14. The van der Waals surface area contributed by atoms with Crippen molar-refractivity contribution < 1.29 is 0 Å². The highest BCUT2D eigenvalue weighted by molar-refractivity contribution is 6.30. The first-order chi connectivity index (χ1) is 14.0. The molecular formula is C25H28ClN3. The number of aryl methyl sites for hydroxylation is 1. The number of rotatable bonds is 6. The zero-order valence-corrected chi connectivity index (χ0v) is 18.1. The third-order valence-electron chi connectivity index (χ3n) is 5.69. The first kappa shape index (κ1) is 19.7. The zero-order chi connectivity index (χ0) is 20.4. The Morgan fingerprint density at radius 3 is 2.41 bits per heavy atom. The maximum Gasteiger partial charge on any atom is 0.0520 e. The van der Waals surface area contributed by atoms with E-state index < -0.39 is 0 Å². The summed E-state index contributed by atoms with van der Waals surface area (Å²) in [5, 5.41) is 4.43. The second-order valence-electron chi connectivity index (χ2n) is 8.05. The zero-order valence-electron chi connectivity index (χ0n) is 17.3. The Morgan fingerprint density at radius 2 is 1.69 bits per heavy atom. The molecule has 3 nitrogen and oxygen atoms in total. The molecule has 0 heterocycles. The van der Waals surface area contributed by atoms with Gasteiger partial charge in [-0.3, -0.25) is 0 Å². The van der Waals surface area contributed by atoms with E-state index in [1.807, 2.05) is 18.2 Å². The van der Waals surface area contributed by atoms with Crippen LogP contribution in [-0.2, 0) is 13.0 Å². The molecule has 1 N–H and O–H groups in total. The number of benzene rings is 3. The summed E-state index contributed by atoms with van der Waals surface area (Å²) in [5.41, 5.74) is 7.71. The van der Waals surface area contributed by atoms with Gasteiger partial charge in [0.25, 0.3) is 0 Å². The van der Waals surface area contributed by atoms with Crippen molar-refractivity contribution in [2.75, 3.05) is 36.3 Å². The molecule has 150 valence electrons. The van der Waals surface area contributed by atoms with Crippen LogP contribution in [0.3, 0.4) is 0 Å². The van der Waals surface area contributed by atoms with Gasteiger partial charge >= 0.3 is 0 Å². The average Bonchev–Trinajstić information content (AvgIpc) is 3.10. The SMILES string of the molecule is CN(C)c1ccc(CN(C)c2ccc3c(c2)C(Nc2cccc(Cl)c2)CC3)cc1. The maximum atomic E-state index is 6.15. The third kappa shape index (κ3) is 4.51. The standard InChI is InChI=1S/C25H28ClN3/c1-28(2)22-11-7-18(8-12-22)17-29(3)23-13-9-19-10-14-25(24(19)16-23)27-21-6-4-5-20(26)15-21/h4-9,11-13,15-16,25,27H,10,14,17H2,1-3H3. The van der Waals surface area contributed by atoms with Crippen molar-refractivity contribution in [3.63, 3.8) is 0 Å². The number of fused-ring (bicyclic) bond motifs is 1. The van der Waals surface area contributed by atoms with Crippen LogP contribution in [0.2, 0.25) is 5.02 Å². The lowest BCUT2D eigenvalue weighted by Gasteiger charge is -2.22. The van der Waals surface area contributed by atoms with Crippen LogP contribution in [-0.4, -0.2) is 21.1 Å². The summed E-state index contributed by atoms with van der Waals surface area (Å²) in [4.78, 5) is 4.45. The number of nitrogens with one attached hydrogen (secondary N) is 1. The molecule has 3 aromatic rings. The molecule has 0 fully saturated rings. The van der Waals surface area contributed by atoms with E-state index in [4.69, 9.17) is 11.6 Å². The Bertz CT molecular complexity index is 982. The van der Waals surface area contributed by atoms with E-state index in [1.165, 1.54) is 28.1 Å². The number of halogens is 1. The first-order valence-electron chi connectivity index (χ1n) is 10.1. The van der Waals surface area contributed by atoms with Crippen molar-refractivity contribution in [3.05, 3.63) is 88.4 Å². The van der Waals surface area contributed by atoms with Gasteiger partial charge in [0.05, 0.1) is 6.04 Å². The molecule has 1 atom stereocenters. The molecule has 4 heteroatoms. The summed E-state index contributed by atoms with van der Waals surface area (Å²) >= 11 is 6.15. The fourth-order valence-corrected chi connectivity index (χ4v) is 4.21. The van der Waals surface area contributed by atoms with Gasteiger partial charge in [0, 0.05) is 49.8 Å². The van der Waals surface area contributed by atoms with Crippen molar-refractivity contribution in [2.45, 2.75) is 25.4 Å². The highest BCUT2D eigenvalue weighted by Crippen LogP contribution is 2.36. The van der Waals surface area contributed by atoms with Gasteiger partial charge in [0.2, 0.25) is 0 Å². The number of anilines is 3. The molecule has 29 heavy (non-hydrogen) atoms. The van der Waals surface area contributed by atoms with E-state index in [9.17, 15) is 0 Å². The fourth-order valence-electron chi connectivity index (χ4n) is 4.02. The monoisotopic (exact) mass is 405 g/mol. The molecule has 0 spiro atoms. The molecule has 1 aliphatic rings. The van der Waals surface area contributed by atoms with Crippen molar-refractivity contribution in [2.24, 2.45) is 0 Å². The van der Waals surface area contributed by atoms with Gasteiger partial charge in [-0.25, -0.2) is 0 Å². The Balaban J connectivity index is 1.49.